The van der Waals surface area contributed by atoms with Crippen molar-refractivity contribution in [3.63, 3.8) is 0 Å². The summed E-state index contributed by atoms with van der Waals surface area (Å²) in [5.41, 5.74) is 0.289. The van der Waals surface area contributed by atoms with Crippen LogP contribution in [-0.2, 0) is 19.0 Å². The van der Waals surface area contributed by atoms with Crippen LogP contribution in [0.15, 0.2) is 23.8 Å². The number of esters is 1. The molecule has 8 heteroatoms. The lowest BCUT2D eigenvalue weighted by molar-refractivity contribution is -0.172. The van der Waals surface area contributed by atoms with E-state index < -0.39 is 36.0 Å². The molecule has 226 valence electrons. The van der Waals surface area contributed by atoms with Crippen LogP contribution < -0.4 is 10.6 Å². The molecule has 8 nitrogen and oxygen atoms in total. The van der Waals surface area contributed by atoms with Crippen molar-refractivity contribution in [1.29, 1.82) is 0 Å². The number of hydrogen-bond donors (Lipinski definition) is 4. The third-order valence-corrected chi connectivity index (χ3v) is 10.7. The molecule has 1 spiro atoms. The highest BCUT2D eigenvalue weighted by molar-refractivity contribution is 5.75. The molecule has 1 unspecified atom stereocenters. The van der Waals surface area contributed by atoms with Gasteiger partial charge in [0.2, 0.25) is 0 Å². The predicted octanol–water partition coefficient (Wildman–Crippen LogP) is 3.12. The van der Waals surface area contributed by atoms with Gasteiger partial charge in [0.25, 0.3) is 0 Å². The molecule has 0 amide bonds. The number of ether oxygens (including phenoxy) is 3. The van der Waals surface area contributed by atoms with E-state index >= 15 is 0 Å². The maximum Gasteiger partial charge on any atom is 0.335 e. The smallest absolute Gasteiger partial charge is 0.335 e. The van der Waals surface area contributed by atoms with Crippen LogP contribution >= 0.6 is 0 Å². The van der Waals surface area contributed by atoms with Gasteiger partial charge >= 0.3 is 5.97 Å². The summed E-state index contributed by atoms with van der Waals surface area (Å²) >= 11 is 0. The van der Waals surface area contributed by atoms with Gasteiger partial charge in [0.15, 0.2) is 6.10 Å². The molecule has 0 aromatic rings. The molecule has 1 saturated heterocycles. The molecule has 4 N–H and O–H groups in total. The van der Waals surface area contributed by atoms with Crippen LogP contribution in [0.2, 0.25) is 0 Å². The quantitative estimate of drug-likeness (QED) is 0.204. The standard InChI is InChI=1S/C32H52N2O6/c1-18-16-19(2)32-22(17-25(38-5)31(37)39-29(18)21(4)35)12-13-24-26(32)28(36)20(3)27(30(24)40-32)34-15-9-14-33-23-10-7-6-8-11-23/h12-13,16,18,20-30,33-36H,6-11,14-15,17H2,1-5H3/b19-16+/t18-,20?,21-,22-,24-,25+,26+,27+,28-,29+,30-,32+/m1/s1. The Morgan fingerprint density at radius 3 is 2.58 bits per heavy atom. The molecule has 5 aliphatic rings. The highest BCUT2D eigenvalue weighted by Crippen LogP contribution is 2.60. The third-order valence-electron chi connectivity index (χ3n) is 10.7. The van der Waals surface area contributed by atoms with Crippen molar-refractivity contribution in [2.45, 2.75) is 121 Å². The van der Waals surface area contributed by atoms with E-state index in [-0.39, 0.29) is 41.7 Å². The summed E-state index contributed by atoms with van der Waals surface area (Å²) in [5, 5.41) is 29.9. The van der Waals surface area contributed by atoms with Crippen molar-refractivity contribution >= 4 is 5.97 Å². The zero-order valence-corrected chi connectivity index (χ0v) is 25.1. The molecular weight excluding hydrogens is 508 g/mol. The first-order chi connectivity index (χ1) is 19.2. The zero-order chi connectivity index (χ0) is 28.6. The molecule has 0 radical (unpaired) electrons. The third kappa shape index (κ3) is 5.45. The van der Waals surface area contributed by atoms with Gasteiger partial charge < -0.3 is 35.1 Å². The summed E-state index contributed by atoms with van der Waals surface area (Å²) in [7, 11) is 1.52. The molecule has 12 atom stereocenters. The van der Waals surface area contributed by atoms with Gasteiger partial charge in [0.1, 0.15) is 11.7 Å². The molecule has 2 saturated carbocycles. The fourth-order valence-electron chi connectivity index (χ4n) is 8.64. The molecular formula is C32H52N2O6. The van der Waals surface area contributed by atoms with Gasteiger partial charge in [-0.2, -0.15) is 0 Å². The number of rotatable bonds is 8. The first kappa shape index (κ1) is 30.2. The molecule has 0 aromatic carbocycles. The van der Waals surface area contributed by atoms with E-state index in [4.69, 9.17) is 14.2 Å². The highest BCUT2D eigenvalue weighted by atomic mass is 16.6. The van der Waals surface area contributed by atoms with Crippen molar-refractivity contribution in [1.82, 2.24) is 10.6 Å². The van der Waals surface area contributed by atoms with E-state index in [1.54, 1.807) is 6.92 Å². The van der Waals surface area contributed by atoms with E-state index in [2.05, 4.69) is 42.7 Å². The van der Waals surface area contributed by atoms with Gasteiger partial charge in [-0.15, -0.1) is 0 Å². The number of carbonyl (C=O) groups is 1. The lowest BCUT2D eigenvalue weighted by atomic mass is 9.57. The van der Waals surface area contributed by atoms with Crippen molar-refractivity contribution in [3.05, 3.63) is 23.8 Å². The minimum absolute atomic E-state index is 0.0260. The second-order valence-electron chi connectivity index (χ2n) is 13.3. The Hall–Kier alpha value is -1.29. The van der Waals surface area contributed by atoms with Crippen LogP contribution in [0.5, 0.6) is 0 Å². The van der Waals surface area contributed by atoms with Crippen LogP contribution in [0.3, 0.4) is 0 Å². The zero-order valence-electron chi connectivity index (χ0n) is 25.1. The summed E-state index contributed by atoms with van der Waals surface area (Å²) in [6.07, 6.45) is 11.6. The number of aliphatic hydroxyl groups is 2. The van der Waals surface area contributed by atoms with E-state index in [9.17, 15) is 15.0 Å². The largest absolute Gasteiger partial charge is 0.457 e. The average Bonchev–Trinajstić information content (AvgIpc) is 3.13. The van der Waals surface area contributed by atoms with Crippen LogP contribution in [0.25, 0.3) is 0 Å². The summed E-state index contributed by atoms with van der Waals surface area (Å²) in [4.78, 5) is 13.1. The number of carbonyl (C=O) groups excluding carboxylic acids is 1. The minimum Gasteiger partial charge on any atom is -0.457 e. The Morgan fingerprint density at radius 2 is 1.88 bits per heavy atom. The van der Waals surface area contributed by atoms with Crippen LogP contribution in [0, 0.1) is 29.6 Å². The molecule has 3 aliphatic carbocycles. The molecule has 0 aromatic heterocycles. The van der Waals surface area contributed by atoms with Gasteiger partial charge in [0.05, 0.1) is 18.3 Å². The Morgan fingerprint density at radius 1 is 1.15 bits per heavy atom. The fourth-order valence-corrected chi connectivity index (χ4v) is 8.64. The van der Waals surface area contributed by atoms with Gasteiger partial charge in [-0.1, -0.05) is 51.3 Å². The van der Waals surface area contributed by atoms with Crippen LogP contribution in [-0.4, -0.2) is 84.6 Å². The second-order valence-corrected chi connectivity index (χ2v) is 13.3. The van der Waals surface area contributed by atoms with Gasteiger partial charge in [0, 0.05) is 48.8 Å². The van der Waals surface area contributed by atoms with Crippen LogP contribution in [0.1, 0.15) is 72.6 Å². The van der Waals surface area contributed by atoms with E-state index in [0.717, 1.165) is 25.1 Å². The average molecular weight is 561 g/mol. The predicted molar refractivity (Wildman–Crippen MR) is 154 cm³/mol. The number of aliphatic hydroxyl groups excluding tert-OH is 2. The number of methoxy groups -OCH3 is 1. The second kappa shape index (κ2) is 12.5. The van der Waals surface area contributed by atoms with Crippen molar-refractivity contribution < 1.29 is 29.2 Å². The van der Waals surface area contributed by atoms with Crippen molar-refractivity contribution in [2.75, 3.05) is 20.2 Å². The van der Waals surface area contributed by atoms with Crippen molar-refractivity contribution in [3.8, 4) is 0 Å². The maximum absolute atomic E-state index is 13.1. The Labute approximate surface area is 240 Å². The molecule has 2 aliphatic heterocycles. The number of cyclic esters (lactones) is 1. The maximum atomic E-state index is 13.1. The summed E-state index contributed by atoms with van der Waals surface area (Å²) in [6, 6.07) is 0.692. The topological polar surface area (TPSA) is 109 Å². The lowest BCUT2D eigenvalue weighted by Gasteiger charge is -2.49. The first-order valence-corrected chi connectivity index (χ1v) is 15.8. The molecule has 2 heterocycles. The first-order valence-electron chi connectivity index (χ1n) is 15.8. The summed E-state index contributed by atoms with van der Waals surface area (Å²) in [5.74, 6) is -0.850. The number of hydrogen-bond acceptors (Lipinski definition) is 8. The van der Waals surface area contributed by atoms with Gasteiger partial charge in [-0.05, 0) is 58.2 Å². The van der Waals surface area contributed by atoms with Crippen LogP contribution in [0.4, 0.5) is 0 Å². The fraction of sp³-hybridized carbons (Fsp3) is 0.844. The molecule has 5 rings (SSSR count). The highest BCUT2D eigenvalue weighted by Gasteiger charge is 2.68. The normalized spacial score (nSPS) is 45.8. The monoisotopic (exact) mass is 560 g/mol. The molecule has 3 fully saturated rings. The number of nitrogens with one attached hydrogen (secondary N) is 2. The molecule has 4 bridgehead atoms. The minimum atomic E-state index is -0.831. The van der Waals surface area contributed by atoms with Gasteiger partial charge in [-0.25, -0.2) is 4.79 Å². The van der Waals surface area contributed by atoms with E-state index in [1.807, 2.05) is 6.92 Å². The van der Waals surface area contributed by atoms with Gasteiger partial charge in [-0.3, -0.25) is 0 Å². The lowest BCUT2D eigenvalue weighted by Crippen LogP contribution is -2.59. The summed E-state index contributed by atoms with van der Waals surface area (Å²) in [6.45, 7) is 9.72. The molecule has 40 heavy (non-hydrogen) atoms. The Kier molecular flexibility index (Phi) is 9.45. The van der Waals surface area contributed by atoms with Crippen molar-refractivity contribution in [2.24, 2.45) is 29.6 Å². The Balaban J connectivity index is 1.38. The summed E-state index contributed by atoms with van der Waals surface area (Å²) < 4.78 is 18.6. The Bertz CT molecular complexity index is 948. The SMILES string of the molecule is CO[C@H]1C[C@H]2C=C[C@H]3[C@H]4O[C@]2(/C(C)=C/[C@@H](C)[C@@H]([C@@H](C)O)OC1=O)[C@@H]3[C@H](O)C(C)[C@@H]4NCCCNC1CCCCC1. The van der Waals surface area contributed by atoms with E-state index in [1.165, 1.54) is 39.2 Å². The van der Waals surface area contributed by atoms with E-state index in [0.29, 0.717) is 12.5 Å².